The number of aromatic nitrogens is 3. The molecule has 0 saturated carbocycles. The normalized spacial score (nSPS) is 13.7. The van der Waals surface area contributed by atoms with Crippen molar-refractivity contribution in [1.29, 1.82) is 0 Å². The van der Waals surface area contributed by atoms with Crippen LogP contribution in [0.5, 0.6) is 0 Å². The Morgan fingerprint density at radius 1 is 1.15 bits per heavy atom. The Balaban J connectivity index is 1.44. The standard InChI is InChI=1S/C29H37N7O4/c1-18(2)33-25-22(15-30-6)14-23(16-31-25)27-34-26(35-40-27)21-8-7-19-9-11-36(12-10-20(19)13-21)24(37)17-32-28(38)39-29(3,4)5/h7-8,13-16,18H,9-12,17H2,1-6H3,(H,31,33)(H,32,38). The molecule has 0 fully saturated rings. The summed E-state index contributed by atoms with van der Waals surface area (Å²) in [4.78, 5) is 39.7. The van der Waals surface area contributed by atoms with Crippen molar-refractivity contribution in [1.82, 2.24) is 25.3 Å². The molecule has 3 heterocycles. The van der Waals surface area contributed by atoms with Crippen molar-refractivity contribution in [3.63, 3.8) is 0 Å². The predicted molar refractivity (Wildman–Crippen MR) is 153 cm³/mol. The van der Waals surface area contributed by atoms with E-state index in [1.807, 2.05) is 26.0 Å². The van der Waals surface area contributed by atoms with Crippen molar-refractivity contribution in [3.8, 4) is 22.8 Å². The highest BCUT2D eigenvalue weighted by Gasteiger charge is 2.22. The summed E-state index contributed by atoms with van der Waals surface area (Å²) in [6, 6.07) is 8.22. The lowest BCUT2D eigenvalue weighted by Gasteiger charge is -2.22. The van der Waals surface area contributed by atoms with E-state index >= 15 is 0 Å². The molecule has 0 saturated heterocycles. The van der Waals surface area contributed by atoms with Crippen molar-refractivity contribution < 1.29 is 18.8 Å². The topological polar surface area (TPSA) is 135 Å². The molecule has 0 unspecified atom stereocenters. The van der Waals surface area contributed by atoms with Crippen LogP contribution >= 0.6 is 0 Å². The fourth-order valence-corrected chi connectivity index (χ4v) is 4.38. The summed E-state index contributed by atoms with van der Waals surface area (Å²) in [6.45, 7) is 10.5. The van der Waals surface area contributed by atoms with Crippen molar-refractivity contribution >= 4 is 24.0 Å². The Morgan fingerprint density at radius 2 is 1.90 bits per heavy atom. The molecule has 4 rings (SSSR count). The van der Waals surface area contributed by atoms with Crippen LogP contribution in [0.3, 0.4) is 0 Å². The number of hydrogen-bond donors (Lipinski definition) is 2. The summed E-state index contributed by atoms with van der Waals surface area (Å²) in [5, 5.41) is 10.1. The lowest BCUT2D eigenvalue weighted by molar-refractivity contribution is -0.130. The first-order valence-electron chi connectivity index (χ1n) is 13.4. The van der Waals surface area contributed by atoms with E-state index in [-0.39, 0.29) is 18.5 Å². The van der Waals surface area contributed by atoms with Crippen LogP contribution < -0.4 is 10.6 Å². The SMILES string of the molecule is CN=Cc1cc(-c2nc(-c3ccc4c(c3)CCN(C(=O)CNC(=O)OC(C)(C)C)CC4)no2)cnc1NC(C)C. The maximum Gasteiger partial charge on any atom is 0.408 e. The van der Waals surface area contributed by atoms with Crippen LogP contribution in [0.15, 0.2) is 40.0 Å². The second-order valence-electron chi connectivity index (χ2n) is 11.0. The fraction of sp³-hybridized carbons (Fsp3) is 0.448. The predicted octanol–water partition coefficient (Wildman–Crippen LogP) is 4.12. The molecular weight excluding hydrogens is 510 g/mol. The Hall–Kier alpha value is -4.28. The molecule has 1 aromatic carbocycles. The number of anilines is 1. The van der Waals surface area contributed by atoms with Gasteiger partial charge in [0, 0.05) is 49.7 Å². The number of carbonyl (C=O) groups excluding carboxylic acids is 2. The fourth-order valence-electron chi connectivity index (χ4n) is 4.38. The van der Waals surface area contributed by atoms with Gasteiger partial charge in [0.15, 0.2) is 0 Å². The van der Waals surface area contributed by atoms with Gasteiger partial charge >= 0.3 is 6.09 Å². The molecule has 212 valence electrons. The molecule has 40 heavy (non-hydrogen) atoms. The molecule has 11 heteroatoms. The zero-order valence-electron chi connectivity index (χ0n) is 23.9. The summed E-state index contributed by atoms with van der Waals surface area (Å²) in [7, 11) is 1.71. The molecule has 3 aromatic rings. The van der Waals surface area contributed by atoms with E-state index in [0.717, 1.165) is 28.9 Å². The van der Waals surface area contributed by atoms with Crippen LogP contribution in [0.25, 0.3) is 22.8 Å². The minimum absolute atomic E-state index is 0.0999. The van der Waals surface area contributed by atoms with Crippen LogP contribution in [0, 0.1) is 0 Å². The molecule has 0 aliphatic carbocycles. The number of nitrogens with one attached hydrogen (secondary N) is 2. The van der Waals surface area contributed by atoms with Crippen molar-refractivity contribution in [2.75, 3.05) is 32.0 Å². The van der Waals surface area contributed by atoms with Crippen LogP contribution in [-0.2, 0) is 22.4 Å². The number of hydrogen-bond acceptors (Lipinski definition) is 9. The number of fused-ring (bicyclic) bond motifs is 1. The van der Waals surface area contributed by atoms with Gasteiger partial charge in [0.25, 0.3) is 5.89 Å². The van der Waals surface area contributed by atoms with Gasteiger partial charge in [-0.15, -0.1) is 0 Å². The number of amides is 2. The lowest BCUT2D eigenvalue weighted by Crippen LogP contribution is -2.42. The maximum atomic E-state index is 12.7. The number of nitrogens with zero attached hydrogens (tertiary/aromatic N) is 5. The average Bonchev–Trinajstić information content (AvgIpc) is 3.28. The number of ether oxygens (including phenoxy) is 1. The third-order valence-electron chi connectivity index (χ3n) is 6.19. The highest BCUT2D eigenvalue weighted by molar-refractivity contribution is 5.88. The Kier molecular flexibility index (Phi) is 8.81. The zero-order valence-corrected chi connectivity index (χ0v) is 23.9. The lowest BCUT2D eigenvalue weighted by atomic mass is 10.00. The molecule has 2 N–H and O–H groups in total. The van der Waals surface area contributed by atoms with Gasteiger partial charge < -0.3 is 24.8 Å². The highest BCUT2D eigenvalue weighted by atomic mass is 16.6. The largest absolute Gasteiger partial charge is 0.444 e. The Labute approximate surface area is 234 Å². The number of alkyl carbamates (subject to hydrolysis) is 1. The van der Waals surface area contributed by atoms with E-state index < -0.39 is 11.7 Å². The van der Waals surface area contributed by atoms with Gasteiger partial charge in [0.05, 0.1) is 5.56 Å². The van der Waals surface area contributed by atoms with Gasteiger partial charge in [-0.05, 0) is 70.7 Å². The molecule has 0 spiro atoms. The number of rotatable bonds is 7. The number of benzene rings is 1. The molecule has 0 radical (unpaired) electrons. The molecular formula is C29H37N7O4. The highest BCUT2D eigenvalue weighted by Crippen LogP contribution is 2.27. The van der Waals surface area contributed by atoms with Gasteiger partial charge in [-0.1, -0.05) is 17.3 Å². The first-order valence-corrected chi connectivity index (χ1v) is 13.4. The molecule has 0 bridgehead atoms. The number of carbonyl (C=O) groups is 2. The van der Waals surface area contributed by atoms with Crippen molar-refractivity contribution in [3.05, 3.63) is 47.2 Å². The Bertz CT molecular complexity index is 1390. The zero-order chi connectivity index (χ0) is 28.9. The first-order chi connectivity index (χ1) is 19.0. The van der Waals surface area contributed by atoms with Crippen LogP contribution in [-0.4, -0.2) is 76.6 Å². The van der Waals surface area contributed by atoms with Gasteiger partial charge in [-0.3, -0.25) is 9.79 Å². The second kappa shape index (κ2) is 12.3. The average molecular weight is 548 g/mol. The van der Waals surface area contributed by atoms with Gasteiger partial charge in [-0.25, -0.2) is 9.78 Å². The van der Waals surface area contributed by atoms with E-state index in [9.17, 15) is 9.59 Å². The molecule has 0 atom stereocenters. The summed E-state index contributed by atoms with van der Waals surface area (Å²) in [6.07, 6.45) is 4.24. The van der Waals surface area contributed by atoms with E-state index in [0.29, 0.717) is 36.8 Å². The second-order valence-corrected chi connectivity index (χ2v) is 11.0. The number of pyridine rings is 1. The molecule has 1 aliphatic heterocycles. The summed E-state index contributed by atoms with van der Waals surface area (Å²) < 4.78 is 10.8. The van der Waals surface area contributed by atoms with Gasteiger partial charge in [0.1, 0.15) is 18.0 Å². The van der Waals surface area contributed by atoms with Crippen molar-refractivity contribution in [2.24, 2.45) is 4.99 Å². The van der Waals surface area contributed by atoms with Crippen LogP contribution in [0.1, 0.15) is 51.3 Å². The smallest absolute Gasteiger partial charge is 0.408 e. The quantitative estimate of drug-likeness (QED) is 0.422. The van der Waals surface area contributed by atoms with Crippen LogP contribution in [0.4, 0.5) is 10.6 Å². The van der Waals surface area contributed by atoms with E-state index in [1.165, 1.54) is 5.56 Å². The summed E-state index contributed by atoms with van der Waals surface area (Å²) in [5.41, 5.74) is 4.05. The first kappa shape index (κ1) is 28.7. The maximum absolute atomic E-state index is 12.7. The minimum Gasteiger partial charge on any atom is -0.444 e. The van der Waals surface area contributed by atoms with Crippen molar-refractivity contribution in [2.45, 2.75) is 59.1 Å². The monoisotopic (exact) mass is 547 g/mol. The van der Waals surface area contributed by atoms with Crippen LogP contribution in [0.2, 0.25) is 0 Å². The molecule has 2 amide bonds. The van der Waals surface area contributed by atoms with E-state index in [1.54, 1.807) is 45.1 Å². The number of aliphatic imine (C=N–C) groups is 1. The third kappa shape index (κ3) is 7.43. The molecule has 1 aliphatic rings. The summed E-state index contributed by atoms with van der Waals surface area (Å²) >= 11 is 0. The van der Waals surface area contributed by atoms with E-state index in [2.05, 4.69) is 42.9 Å². The summed E-state index contributed by atoms with van der Waals surface area (Å²) in [5.74, 6) is 1.44. The minimum atomic E-state index is -0.617. The van der Waals surface area contributed by atoms with E-state index in [4.69, 9.17) is 9.26 Å². The molecule has 11 nitrogen and oxygen atoms in total. The third-order valence-corrected chi connectivity index (χ3v) is 6.19. The molecule has 2 aromatic heterocycles. The van der Waals surface area contributed by atoms with Gasteiger partial charge in [-0.2, -0.15) is 4.98 Å². The Morgan fingerprint density at radius 3 is 2.60 bits per heavy atom. The van der Waals surface area contributed by atoms with Gasteiger partial charge in [0.2, 0.25) is 11.7 Å².